The molecule has 0 amide bonds. The van der Waals surface area contributed by atoms with Gasteiger partial charge in [0.1, 0.15) is 5.82 Å². The van der Waals surface area contributed by atoms with Crippen LogP contribution in [0.25, 0.3) is 20.9 Å². The third-order valence-electron chi connectivity index (χ3n) is 2.93. The highest BCUT2D eigenvalue weighted by Crippen LogP contribution is 2.43. The minimum atomic E-state index is -0.213. The monoisotopic (exact) mass is 410 g/mol. The number of hydrogen-bond acceptors (Lipinski definition) is 1. The summed E-state index contributed by atoms with van der Waals surface area (Å²) in [5, 5.41) is 0. The molecule has 100 valence electrons. The summed E-state index contributed by atoms with van der Waals surface area (Å²) in [6.07, 6.45) is 0. The summed E-state index contributed by atoms with van der Waals surface area (Å²) < 4.78 is 15.1. The van der Waals surface area contributed by atoms with Crippen LogP contribution in [-0.2, 0) is 0 Å². The molecule has 0 aliphatic carbocycles. The topological polar surface area (TPSA) is 0 Å². The maximum atomic E-state index is 13.0. The average molecular weight is 412 g/mol. The third-order valence-corrected chi connectivity index (χ3v) is 5.73. The molecule has 0 atom stereocenters. The van der Waals surface area contributed by atoms with Gasteiger partial charge in [0.2, 0.25) is 0 Å². The Labute approximate surface area is 137 Å². The molecule has 0 bridgehead atoms. The molecule has 4 heteroatoms. The highest BCUT2D eigenvalue weighted by molar-refractivity contribution is 9.11. The first-order chi connectivity index (χ1) is 9.65. The van der Waals surface area contributed by atoms with Crippen LogP contribution in [0.1, 0.15) is 0 Å². The van der Waals surface area contributed by atoms with E-state index in [1.54, 1.807) is 23.5 Å². The molecule has 20 heavy (non-hydrogen) atoms. The maximum absolute atomic E-state index is 13.0. The summed E-state index contributed by atoms with van der Waals surface area (Å²) >= 11 is 8.88. The van der Waals surface area contributed by atoms with E-state index < -0.39 is 0 Å². The number of rotatable bonds is 2. The number of thiophene rings is 1. The molecule has 0 N–H and O–H groups in total. The molecule has 0 radical (unpaired) electrons. The second-order valence-corrected chi connectivity index (χ2v) is 7.04. The molecular weight excluding hydrogens is 403 g/mol. The van der Waals surface area contributed by atoms with Gasteiger partial charge in [-0.1, -0.05) is 46.3 Å². The van der Waals surface area contributed by atoms with Gasteiger partial charge in [-0.3, -0.25) is 0 Å². The van der Waals surface area contributed by atoms with Crippen LogP contribution in [0.2, 0.25) is 0 Å². The zero-order valence-electron chi connectivity index (χ0n) is 10.2. The minimum absolute atomic E-state index is 0.213. The fourth-order valence-corrected chi connectivity index (χ4v) is 4.50. The zero-order chi connectivity index (χ0) is 14.1. The van der Waals surface area contributed by atoms with Gasteiger partial charge < -0.3 is 0 Å². The first kappa shape index (κ1) is 14.0. The average Bonchev–Trinajstić information content (AvgIpc) is 2.82. The van der Waals surface area contributed by atoms with E-state index >= 15 is 0 Å². The van der Waals surface area contributed by atoms with Gasteiger partial charge in [-0.05, 0) is 45.8 Å². The normalized spacial score (nSPS) is 10.8. The van der Waals surface area contributed by atoms with Crippen molar-refractivity contribution in [1.29, 1.82) is 0 Å². The van der Waals surface area contributed by atoms with Gasteiger partial charge in [0.25, 0.3) is 0 Å². The van der Waals surface area contributed by atoms with Gasteiger partial charge in [0.05, 0.1) is 4.88 Å². The molecule has 2 aromatic carbocycles. The highest BCUT2D eigenvalue weighted by Gasteiger charge is 2.12. The van der Waals surface area contributed by atoms with Crippen LogP contribution in [0.4, 0.5) is 4.39 Å². The van der Waals surface area contributed by atoms with E-state index in [1.807, 2.05) is 18.2 Å². The van der Waals surface area contributed by atoms with Crippen molar-refractivity contribution in [3.63, 3.8) is 0 Å². The Bertz CT molecular complexity index is 747. The molecule has 0 aliphatic rings. The number of benzene rings is 2. The van der Waals surface area contributed by atoms with Crippen LogP contribution in [0.5, 0.6) is 0 Å². The SMILES string of the molecule is Fc1ccc(-c2cc(Br)c(-c3ccccc3Br)s2)cc1. The van der Waals surface area contributed by atoms with E-state index in [9.17, 15) is 4.39 Å². The smallest absolute Gasteiger partial charge is 0.123 e. The van der Waals surface area contributed by atoms with Gasteiger partial charge >= 0.3 is 0 Å². The molecule has 0 unspecified atom stereocenters. The summed E-state index contributed by atoms with van der Waals surface area (Å²) in [6.45, 7) is 0. The van der Waals surface area contributed by atoms with Gasteiger partial charge in [-0.25, -0.2) is 4.39 Å². The molecule has 0 saturated heterocycles. The minimum Gasteiger partial charge on any atom is -0.207 e. The second-order valence-electron chi connectivity index (χ2n) is 4.27. The van der Waals surface area contributed by atoms with Crippen molar-refractivity contribution in [2.45, 2.75) is 0 Å². The molecule has 0 saturated carbocycles. The molecule has 3 rings (SSSR count). The zero-order valence-corrected chi connectivity index (χ0v) is 14.2. The van der Waals surface area contributed by atoms with Gasteiger partial charge in [0.15, 0.2) is 0 Å². The van der Waals surface area contributed by atoms with E-state index in [2.05, 4.69) is 44.0 Å². The molecule has 0 nitrogen and oxygen atoms in total. The Morgan fingerprint density at radius 2 is 1.55 bits per heavy atom. The number of hydrogen-bond donors (Lipinski definition) is 0. The van der Waals surface area contributed by atoms with E-state index in [0.717, 1.165) is 29.8 Å². The standard InChI is InChI=1S/C16H9Br2FS/c17-13-4-2-1-3-12(13)16-14(18)9-15(20-16)10-5-7-11(19)8-6-10/h1-9H. The Morgan fingerprint density at radius 1 is 0.850 bits per heavy atom. The highest BCUT2D eigenvalue weighted by atomic mass is 79.9. The van der Waals surface area contributed by atoms with Crippen molar-refractivity contribution in [3.05, 3.63) is 69.4 Å². The van der Waals surface area contributed by atoms with E-state index in [4.69, 9.17) is 0 Å². The first-order valence-electron chi connectivity index (χ1n) is 5.95. The van der Waals surface area contributed by atoms with Crippen LogP contribution < -0.4 is 0 Å². The lowest BCUT2D eigenvalue weighted by atomic mass is 10.1. The van der Waals surface area contributed by atoms with Crippen molar-refractivity contribution in [1.82, 2.24) is 0 Å². The maximum Gasteiger partial charge on any atom is 0.123 e. The van der Waals surface area contributed by atoms with Gasteiger partial charge in [0, 0.05) is 19.4 Å². The Balaban J connectivity index is 2.08. The summed E-state index contributed by atoms with van der Waals surface area (Å²) in [6, 6.07) is 16.8. The van der Waals surface area contributed by atoms with Crippen LogP contribution in [0.3, 0.4) is 0 Å². The molecule has 0 fully saturated rings. The Kier molecular flexibility index (Phi) is 4.06. The van der Waals surface area contributed by atoms with Crippen molar-refractivity contribution < 1.29 is 4.39 Å². The molecule has 3 aromatic rings. The second kappa shape index (κ2) is 5.80. The van der Waals surface area contributed by atoms with E-state index in [1.165, 1.54) is 12.1 Å². The number of halogens is 3. The van der Waals surface area contributed by atoms with E-state index in [-0.39, 0.29) is 5.82 Å². The van der Waals surface area contributed by atoms with Crippen LogP contribution >= 0.6 is 43.2 Å². The predicted octanol–water partition coefficient (Wildman–Crippen LogP) is 6.75. The molecule has 1 heterocycles. The van der Waals surface area contributed by atoms with Crippen LogP contribution in [0, 0.1) is 5.82 Å². The quantitative estimate of drug-likeness (QED) is 0.437. The Hall–Kier alpha value is -0.970. The van der Waals surface area contributed by atoms with Crippen molar-refractivity contribution in [2.75, 3.05) is 0 Å². The lowest BCUT2D eigenvalue weighted by Gasteiger charge is -2.01. The first-order valence-corrected chi connectivity index (χ1v) is 8.35. The summed E-state index contributed by atoms with van der Waals surface area (Å²) in [5.74, 6) is -0.213. The van der Waals surface area contributed by atoms with Crippen molar-refractivity contribution in [3.8, 4) is 20.9 Å². The summed E-state index contributed by atoms with van der Waals surface area (Å²) in [5.41, 5.74) is 2.17. The largest absolute Gasteiger partial charge is 0.207 e. The third kappa shape index (κ3) is 2.73. The van der Waals surface area contributed by atoms with Crippen molar-refractivity contribution in [2.24, 2.45) is 0 Å². The van der Waals surface area contributed by atoms with Gasteiger partial charge in [-0.15, -0.1) is 11.3 Å². The molecular formula is C16H9Br2FS. The van der Waals surface area contributed by atoms with Crippen LogP contribution in [-0.4, -0.2) is 0 Å². The van der Waals surface area contributed by atoms with Gasteiger partial charge in [-0.2, -0.15) is 0 Å². The lowest BCUT2D eigenvalue weighted by Crippen LogP contribution is -1.74. The Morgan fingerprint density at radius 3 is 2.25 bits per heavy atom. The van der Waals surface area contributed by atoms with E-state index in [0.29, 0.717) is 0 Å². The fraction of sp³-hybridized carbons (Fsp3) is 0. The molecule has 1 aromatic heterocycles. The summed E-state index contributed by atoms with van der Waals surface area (Å²) in [4.78, 5) is 2.28. The van der Waals surface area contributed by atoms with Crippen molar-refractivity contribution >= 4 is 43.2 Å². The lowest BCUT2D eigenvalue weighted by molar-refractivity contribution is 0.628. The van der Waals surface area contributed by atoms with Crippen LogP contribution in [0.15, 0.2) is 63.5 Å². The summed E-state index contributed by atoms with van der Waals surface area (Å²) in [7, 11) is 0. The predicted molar refractivity (Wildman–Crippen MR) is 90.5 cm³/mol. The fourth-order valence-electron chi connectivity index (χ4n) is 1.95. The molecule has 0 spiro atoms. The molecule has 0 aliphatic heterocycles.